The van der Waals surface area contributed by atoms with Crippen LogP contribution in [0.15, 0.2) is 65.7 Å². The molecule has 2 aromatic carbocycles. The van der Waals surface area contributed by atoms with Gasteiger partial charge in [0.05, 0.1) is 5.60 Å². The van der Waals surface area contributed by atoms with Gasteiger partial charge < -0.3 is 4.74 Å². The van der Waals surface area contributed by atoms with Crippen molar-refractivity contribution in [3.63, 3.8) is 0 Å². The zero-order chi connectivity index (χ0) is 17.5. The molecule has 0 bridgehead atoms. The van der Waals surface area contributed by atoms with Gasteiger partial charge >= 0.3 is 0 Å². The van der Waals surface area contributed by atoms with Gasteiger partial charge in [0.2, 0.25) is 0 Å². The molecule has 1 saturated heterocycles. The minimum atomic E-state index is -0.0107. The minimum absolute atomic E-state index is 0.0107. The molecular weight excluding hydrogens is 306 g/mol. The molecule has 0 amide bonds. The van der Waals surface area contributed by atoms with Crippen LogP contribution in [0.2, 0.25) is 0 Å². The number of benzene rings is 2. The van der Waals surface area contributed by atoms with E-state index in [4.69, 9.17) is 4.74 Å². The second-order valence-corrected chi connectivity index (χ2v) is 7.61. The number of aliphatic imine (C=N–C) groups is 1. The standard InChI is InChI=1S/C23H29NO/c1-23(2)17-21(14-16-25-23)22(20-11-7-4-8-12-20)13-15-24-18-19-9-5-3-6-10-19/h3-12,18,21-22H,13-17H2,1-2H3/t21-,22-/m0/s1. The summed E-state index contributed by atoms with van der Waals surface area (Å²) in [5.41, 5.74) is 2.61. The first-order valence-electron chi connectivity index (χ1n) is 9.38. The van der Waals surface area contributed by atoms with Crippen LogP contribution in [0.4, 0.5) is 0 Å². The molecule has 1 heterocycles. The second kappa shape index (κ2) is 8.44. The van der Waals surface area contributed by atoms with Crippen LogP contribution in [0, 0.1) is 5.92 Å². The monoisotopic (exact) mass is 335 g/mol. The summed E-state index contributed by atoms with van der Waals surface area (Å²) in [7, 11) is 0. The molecule has 0 unspecified atom stereocenters. The largest absolute Gasteiger partial charge is 0.376 e. The van der Waals surface area contributed by atoms with Crippen LogP contribution in [0.5, 0.6) is 0 Å². The van der Waals surface area contributed by atoms with Gasteiger partial charge in [-0.25, -0.2) is 0 Å². The Bertz CT molecular complexity index is 663. The highest BCUT2D eigenvalue weighted by atomic mass is 16.5. The van der Waals surface area contributed by atoms with Crippen LogP contribution in [0.1, 0.15) is 50.2 Å². The molecular formula is C23H29NO. The summed E-state index contributed by atoms with van der Waals surface area (Å²) in [6.07, 6.45) is 5.35. The van der Waals surface area contributed by atoms with Gasteiger partial charge in [0.15, 0.2) is 0 Å². The maximum absolute atomic E-state index is 5.94. The van der Waals surface area contributed by atoms with E-state index in [1.54, 1.807) is 0 Å². The summed E-state index contributed by atoms with van der Waals surface area (Å²) in [4.78, 5) is 4.68. The zero-order valence-electron chi connectivity index (χ0n) is 15.4. The summed E-state index contributed by atoms with van der Waals surface area (Å²) in [5.74, 6) is 1.22. The van der Waals surface area contributed by atoms with Crippen molar-refractivity contribution in [2.75, 3.05) is 13.2 Å². The molecule has 1 aliphatic rings. The summed E-state index contributed by atoms with van der Waals surface area (Å²) >= 11 is 0. The average molecular weight is 335 g/mol. The Kier molecular flexibility index (Phi) is 6.04. The van der Waals surface area contributed by atoms with E-state index in [0.717, 1.165) is 32.4 Å². The Hall–Kier alpha value is -1.93. The molecule has 2 heteroatoms. The SMILES string of the molecule is CC1(C)C[C@@H]([C@@H](CCN=Cc2ccccc2)c2ccccc2)CCO1. The number of hydrogen-bond acceptors (Lipinski definition) is 2. The van der Waals surface area contributed by atoms with E-state index in [-0.39, 0.29) is 5.60 Å². The predicted molar refractivity (Wildman–Crippen MR) is 105 cm³/mol. The van der Waals surface area contributed by atoms with Gasteiger partial charge in [0, 0.05) is 19.4 Å². The molecule has 2 atom stereocenters. The molecule has 25 heavy (non-hydrogen) atoms. The number of nitrogens with zero attached hydrogens (tertiary/aromatic N) is 1. The summed E-state index contributed by atoms with van der Waals surface area (Å²) in [6, 6.07) is 21.3. The van der Waals surface area contributed by atoms with E-state index >= 15 is 0 Å². The lowest BCUT2D eigenvalue weighted by molar-refractivity contribution is -0.0771. The van der Waals surface area contributed by atoms with E-state index in [2.05, 4.69) is 73.4 Å². The quantitative estimate of drug-likeness (QED) is 0.640. The summed E-state index contributed by atoms with van der Waals surface area (Å²) in [5, 5.41) is 0. The van der Waals surface area contributed by atoms with Crippen molar-refractivity contribution in [3.05, 3.63) is 71.8 Å². The summed E-state index contributed by atoms with van der Waals surface area (Å²) in [6.45, 7) is 6.17. The van der Waals surface area contributed by atoms with E-state index in [1.807, 2.05) is 12.3 Å². The van der Waals surface area contributed by atoms with Crippen molar-refractivity contribution in [1.82, 2.24) is 0 Å². The zero-order valence-corrected chi connectivity index (χ0v) is 15.4. The van der Waals surface area contributed by atoms with Crippen LogP contribution in [0.3, 0.4) is 0 Å². The van der Waals surface area contributed by atoms with E-state index in [1.165, 1.54) is 11.1 Å². The van der Waals surface area contributed by atoms with Crippen molar-refractivity contribution in [2.45, 2.75) is 44.6 Å². The Balaban J connectivity index is 1.68. The third-order valence-corrected chi connectivity index (χ3v) is 5.14. The molecule has 1 fully saturated rings. The Labute approximate surface area is 152 Å². The topological polar surface area (TPSA) is 21.6 Å². The highest BCUT2D eigenvalue weighted by Gasteiger charge is 2.33. The lowest BCUT2D eigenvalue weighted by atomic mass is 9.75. The van der Waals surface area contributed by atoms with Crippen molar-refractivity contribution < 1.29 is 4.74 Å². The second-order valence-electron chi connectivity index (χ2n) is 7.61. The smallest absolute Gasteiger partial charge is 0.0629 e. The van der Waals surface area contributed by atoms with Crippen LogP contribution in [0.25, 0.3) is 0 Å². The normalized spacial score (nSPS) is 21.3. The van der Waals surface area contributed by atoms with E-state index in [9.17, 15) is 0 Å². The molecule has 1 aliphatic heterocycles. The Morgan fingerprint density at radius 3 is 2.44 bits per heavy atom. The number of rotatable bonds is 6. The average Bonchev–Trinajstić information content (AvgIpc) is 2.62. The third-order valence-electron chi connectivity index (χ3n) is 5.14. The fraction of sp³-hybridized carbons (Fsp3) is 0.435. The maximum atomic E-state index is 5.94. The van der Waals surface area contributed by atoms with Gasteiger partial charge in [-0.05, 0) is 56.1 Å². The molecule has 2 aromatic rings. The molecule has 0 spiro atoms. The number of hydrogen-bond donors (Lipinski definition) is 0. The Morgan fingerprint density at radius 1 is 1.08 bits per heavy atom. The highest BCUT2D eigenvalue weighted by molar-refractivity contribution is 5.79. The molecule has 3 rings (SSSR count). The van der Waals surface area contributed by atoms with Crippen molar-refractivity contribution in [1.29, 1.82) is 0 Å². The molecule has 2 nitrogen and oxygen atoms in total. The van der Waals surface area contributed by atoms with Gasteiger partial charge in [0.1, 0.15) is 0 Å². The lowest BCUT2D eigenvalue weighted by Crippen LogP contribution is -2.36. The first-order valence-corrected chi connectivity index (χ1v) is 9.38. The van der Waals surface area contributed by atoms with Crippen molar-refractivity contribution in [3.8, 4) is 0 Å². The summed E-state index contributed by atoms with van der Waals surface area (Å²) < 4.78 is 5.94. The molecule has 0 aliphatic carbocycles. The minimum Gasteiger partial charge on any atom is -0.376 e. The van der Waals surface area contributed by atoms with Gasteiger partial charge in [-0.3, -0.25) is 4.99 Å². The van der Waals surface area contributed by atoms with E-state index in [0.29, 0.717) is 11.8 Å². The van der Waals surface area contributed by atoms with Crippen LogP contribution < -0.4 is 0 Å². The van der Waals surface area contributed by atoms with Gasteiger partial charge in [-0.15, -0.1) is 0 Å². The van der Waals surface area contributed by atoms with Gasteiger partial charge in [0.25, 0.3) is 0 Å². The maximum Gasteiger partial charge on any atom is 0.0629 e. The molecule has 0 N–H and O–H groups in total. The van der Waals surface area contributed by atoms with Crippen molar-refractivity contribution in [2.24, 2.45) is 10.9 Å². The molecule has 0 saturated carbocycles. The lowest BCUT2D eigenvalue weighted by Gasteiger charge is -2.39. The fourth-order valence-electron chi connectivity index (χ4n) is 3.92. The van der Waals surface area contributed by atoms with E-state index < -0.39 is 0 Å². The first kappa shape index (κ1) is 17.9. The predicted octanol–water partition coefficient (Wildman–Crippen LogP) is 5.48. The molecule has 132 valence electrons. The van der Waals surface area contributed by atoms with Gasteiger partial charge in [-0.1, -0.05) is 60.7 Å². The highest BCUT2D eigenvalue weighted by Crippen LogP contribution is 2.39. The Morgan fingerprint density at radius 2 is 1.76 bits per heavy atom. The molecule has 0 radical (unpaired) electrons. The fourth-order valence-corrected chi connectivity index (χ4v) is 3.92. The van der Waals surface area contributed by atoms with Crippen LogP contribution >= 0.6 is 0 Å². The van der Waals surface area contributed by atoms with Crippen LogP contribution in [-0.2, 0) is 4.74 Å². The van der Waals surface area contributed by atoms with Crippen LogP contribution in [-0.4, -0.2) is 25.0 Å². The number of ether oxygens (including phenoxy) is 1. The van der Waals surface area contributed by atoms with Gasteiger partial charge in [-0.2, -0.15) is 0 Å². The van der Waals surface area contributed by atoms with Crippen molar-refractivity contribution >= 4 is 6.21 Å². The third kappa shape index (κ3) is 5.27. The molecule has 0 aromatic heterocycles. The first-order chi connectivity index (χ1) is 12.1.